The highest BCUT2D eigenvalue weighted by Gasteiger charge is 2.02. The number of rotatable bonds is 1. The van der Waals surface area contributed by atoms with Gasteiger partial charge in [-0.05, 0) is 18.4 Å². The molecule has 0 heterocycles. The second kappa shape index (κ2) is 3.22. The third-order valence-corrected chi connectivity index (χ3v) is 2.36. The Bertz CT molecular complexity index is 475. The summed E-state index contributed by atoms with van der Waals surface area (Å²) in [7, 11) is 1.62. The zero-order valence-corrected chi connectivity index (χ0v) is 8.20. The summed E-state index contributed by atoms with van der Waals surface area (Å²) in [6.45, 7) is 1.80. The summed E-state index contributed by atoms with van der Waals surface area (Å²) in [5.74, 6) is 0.846. The van der Waals surface area contributed by atoms with E-state index in [1.54, 1.807) is 20.1 Å². The fourth-order valence-corrected chi connectivity index (χ4v) is 1.62. The second-order valence-electron chi connectivity index (χ2n) is 3.27. The SMILES string of the molecule is COc1cc(C)c([O-])c2ccccc12. The summed E-state index contributed by atoms with van der Waals surface area (Å²) in [6.07, 6.45) is 0. The lowest BCUT2D eigenvalue weighted by molar-refractivity contribution is -0.266. The molecule has 0 aliphatic rings. The van der Waals surface area contributed by atoms with Crippen molar-refractivity contribution in [2.24, 2.45) is 0 Å². The molecule has 0 amide bonds. The molecule has 0 aromatic heterocycles. The Balaban J connectivity index is 2.89. The lowest BCUT2D eigenvalue weighted by Gasteiger charge is -2.16. The second-order valence-corrected chi connectivity index (χ2v) is 3.27. The van der Waals surface area contributed by atoms with Gasteiger partial charge in [0.2, 0.25) is 0 Å². The zero-order chi connectivity index (χ0) is 10.1. The summed E-state index contributed by atoms with van der Waals surface area (Å²) in [5, 5.41) is 13.3. The summed E-state index contributed by atoms with van der Waals surface area (Å²) < 4.78 is 5.22. The number of methoxy groups -OCH3 is 1. The van der Waals surface area contributed by atoms with E-state index in [4.69, 9.17) is 4.74 Å². The number of hydrogen-bond donors (Lipinski definition) is 0. The van der Waals surface area contributed by atoms with Crippen molar-refractivity contribution in [2.45, 2.75) is 6.92 Å². The van der Waals surface area contributed by atoms with Gasteiger partial charge >= 0.3 is 0 Å². The Kier molecular flexibility index (Phi) is 2.04. The minimum absolute atomic E-state index is 0.0846. The largest absolute Gasteiger partial charge is 0.872 e. The van der Waals surface area contributed by atoms with Crippen molar-refractivity contribution in [3.05, 3.63) is 35.9 Å². The van der Waals surface area contributed by atoms with E-state index < -0.39 is 0 Å². The van der Waals surface area contributed by atoms with Crippen LogP contribution in [-0.4, -0.2) is 7.11 Å². The summed E-state index contributed by atoms with van der Waals surface area (Å²) >= 11 is 0. The van der Waals surface area contributed by atoms with Crippen molar-refractivity contribution in [3.8, 4) is 11.5 Å². The first-order valence-corrected chi connectivity index (χ1v) is 4.47. The summed E-state index contributed by atoms with van der Waals surface area (Å²) in [4.78, 5) is 0. The van der Waals surface area contributed by atoms with Crippen molar-refractivity contribution in [3.63, 3.8) is 0 Å². The van der Waals surface area contributed by atoms with Gasteiger partial charge in [-0.2, -0.15) is 0 Å². The molecule has 0 atom stereocenters. The third-order valence-electron chi connectivity index (χ3n) is 2.36. The van der Waals surface area contributed by atoms with Crippen LogP contribution in [0.4, 0.5) is 0 Å². The minimum atomic E-state index is 0.0846. The molecule has 0 bridgehead atoms. The first kappa shape index (κ1) is 8.88. The van der Waals surface area contributed by atoms with E-state index >= 15 is 0 Å². The molecular weight excluding hydrogens is 176 g/mol. The van der Waals surface area contributed by atoms with Gasteiger partial charge in [-0.3, -0.25) is 0 Å². The Morgan fingerprint density at radius 1 is 1.14 bits per heavy atom. The predicted octanol–water partition coefficient (Wildman–Crippen LogP) is 2.23. The smallest absolute Gasteiger partial charge is 0.126 e. The van der Waals surface area contributed by atoms with E-state index in [2.05, 4.69) is 0 Å². The quantitative estimate of drug-likeness (QED) is 0.685. The summed E-state index contributed by atoms with van der Waals surface area (Å²) in [6, 6.07) is 9.27. The number of fused-ring (bicyclic) bond motifs is 1. The van der Waals surface area contributed by atoms with Crippen LogP contribution in [0.1, 0.15) is 5.56 Å². The van der Waals surface area contributed by atoms with Gasteiger partial charge < -0.3 is 9.84 Å². The van der Waals surface area contributed by atoms with Gasteiger partial charge in [0.25, 0.3) is 0 Å². The van der Waals surface area contributed by atoms with E-state index in [0.717, 1.165) is 22.1 Å². The molecule has 0 N–H and O–H groups in total. The van der Waals surface area contributed by atoms with Crippen molar-refractivity contribution in [1.82, 2.24) is 0 Å². The fraction of sp³-hybridized carbons (Fsp3) is 0.167. The van der Waals surface area contributed by atoms with Crippen LogP contribution in [0.5, 0.6) is 11.5 Å². The van der Waals surface area contributed by atoms with Crippen LogP contribution in [-0.2, 0) is 0 Å². The molecule has 72 valence electrons. The van der Waals surface area contributed by atoms with Crippen LogP contribution in [0.3, 0.4) is 0 Å². The van der Waals surface area contributed by atoms with Crippen molar-refractivity contribution in [1.29, 1.82) is 0 Å². The highest BCUT2D eigenvalue weighted by atomic mass is 16.5. The standard InChI is InChI=1S/C12H12O2/c1-8-7-11(14-2)9-5-3-4-6-10(9)12(8)13/h3-7,13H,1-2H3/p-1. The highest BCUT2D eigenvalue weighted by Crippen LogP contribution is 2.33. The molecule has 0 fully saturated rings. The van der Waals surface area contributed by atoms with Crippen molar-refractivity contribution < 1.29 is 9.84 Å². The number of aryl methyl sites for hydroxylation is 1. The average molecular weight is 187 g/mol. The molecule has 2 heteroatoms. The molecule has 0 saturated heterocycles. The molecule has 0 radical (unpaired) electrons. The Morgan fingerprint density at radius 3 is 2.43 bits per heavy atom. The molecule has 0 spiro atoms. The van der Waals surface area contributed by atoms with E-state index in [9.17, 15) is 5.11 Å². The van der Waals surface area contributed by atoms with Gasteiger partial charge in [0.1, 0.15) is 5.75 Å². The van der Waals surface area contributed by atoms with Gasteiger partial charge in [0.05, 0.1) is 7.11 Å². The molecule has 2 aromatic rings. The van der Waals surface area contributed by atoms with Crippen LogP contribution in [0.15, 0.2) is 30.3 Å². The maximum atomic E-state index is 11.7. The van der Waals surface area contributed by atoms with Crippen LogP contribution in [0, 0.1) is 6.92 Å². The molecule has 0 aliphatic carbocycles. The first-order valence-electron chi connectivity index (χ1n) is 4.47. The van der Waals surface area contributed by atoms with Crippen LogP contribution >= 0.6 is 0 Å². The van der Waals surface area contributed by atoms with E-state index in [1.165, 1.54) is 0 Å². The fourth-order valence-electron chi connectivity index (χ4n) is 1.62. The van der Waals surface area contributed by atoms with Gasteiger partial charge in [0, 0.05) is 5.39 Å². The Hall–Kier alpha value is -1.70. The molecule has 0 saturated carbocycles. The third kappa shape index (κ3) is 1.20. The topological polar surface area (TPSA) is 32.3 Å². The zero-order valence-electron chi connectivity index (χ0n) is 8.20. The van der Waals surface area contributed by atoms with E-state index in [-0.39, 0.29) is 5.75 Å². The van der Waals surface area contributed by atoms with Gasteiger partial charge in [-0.15, -0.1) is 0 Å². The number of ether oxygens (including phenoxy) is 1. The monoisotopic (exact) mass is 187 g/mol. The maximum Gasteiger partial charge on any atom is 0.126 e. The molecule has 2 rings (SSSR count). The average Bonchev–Trinajstić information content (AvgIpc) is 2.23. The van der Waals surface area contributed by atoms with Gasteiger partial charge in [-0.1, -0.05) is 35.6 Å². The van der Waals surface area contributed by atoms with E-state index in [1.807, 2.05) is 24.3 Å². The highest BCUT2D eigenvalue weighted by molar-refractivity contribution is 5.93. The number of benzene rings is 2. The van der Waals surface area contributed by atoms with Crippen LogP contribution in [0.25, 0.3) is 10.8 Å². The molecular formula is C12H11O2-. The minimum Gasteiger partial charge on any atom is -0.872 e. The maximum absolute atomic E-state index is 11.7. The molecule has 0 unspecified atom stereocenters. The van der Waals surface area contributed by atoms with Crippen molar-refractivity contribution in [2.75, 3.05) is 7.11 Å². The first-order chi connectivity index (χ1) is 6.74. The van der Waals surface area contributed by atoms with Gasteiger partial charge in [-0.25, -0.2) is 0 Å². The van der Waals surface area contributed by atoms with Crippen LogP contribution in [0.2, 0.25) is 0 Å². The molecule has 14 heavy (non-hydrogen) atoms. The number of hydrogen-bond acceptors (Lipinski definition) is 2. The van der Waals surface area contributed by atoms with E-state index in [0.29, 0.717) is 0 Å². The molecule has 2 nitrogen and oxygen atoms in total. The Labute approximate surface area is 82.8 Å². The van der Waals surface area contributed by atoms with Gasteiger partial charge in [0.15, 0.2) is 0 Å². The van der Waals surface area contributed by atoms with Crippen LogP contribution < -0.4 is 9.84 Å². The summed E-state index contributed by atoms with van der Waals surface area (Å²) in [5.41, 5.74) is 0.723. The Morgan fingerprint density at radius 2 is 1.79 bits per heavy atom. The van der Waals surface area contributed by atoms with Crippen molar-refractivity contribution >= 4 is 10.8 Å². The lowest BCUT2D eigenvalue weighted by Crippen LogP contribution is -1.96. The molecule has 0 aliphatic heterocycles. The molecule has 2 aromatic carbocycles. The lowest BCUT2D eigenvalue weighted by atomic mass is 10.1. The predicted molar refractivity (Wildman–Crippen MR) is 54.7 cm³/mol. The normalized spacial score (nSPS) is 10.4.